The average Bonchev–Trinajstić information content (AvgIpc) is 1.50. The van der Waals surface area contributed by atoms with Gasteiger partial charge in [0.1, 0.15) is 23.0 Å². The molecule has 4 heteroatoms. The van der Waals surface area contributed by atoms with E-state index in [9.17, 15) is 0 Å². The lowest BCUT2D eigenvalue weighted by molar-refractivity contribution is 0.269. The lowest BCUT2D eigenvalue weighted by Gasteiger charge is -2.21. The lowest BCUT2D eigenvalue weighted by Crippen LogP contribution is -2.17. The summed E-state index contributed by atoms with van der Waals surface area (Å²) in [6.45, 7) is 4.72. The number of thiophene rings is 2. The molecule has 4 heterocycles. The predicted molar refractivity (Wildman–Crippen MR) is 466 cm³/mol. The van der Waals surface area contributed by atoms with Crippen LogP contribution in [-0.4, -0.2) is 6.10 Å². The molecule has 2 atom stereocenters. The van der Waals surface area contributed by atoms with Crippen LogP contribution in [0.15, 0.2) is 381 Å². The van der Waals surface area contributed by atoms with Gasteiger partial charge in [0.15, 0.2) is 0 Å². The summed E-state index contributed by atoms with van der Waals surface area (Å²) in [5.74, 6) is 0.963. The average molecular weight is 1420 g/mol. The van der Waals surface area contributed by atoms with Gasteiger partial charge in [-0.15, -0.1) is 22.7 Å². The molecule has 0 bridgehead atoms. The van der Waals surface area contributed by atoms with E-state index in [1.54, 1.807) is 0 Å². The van der Waals surface area contributed by atoms with Crippen molar-refractivity contribution >= 4 is 146 Å². The van der Waals surface area contributed by atoms with Crippen LogP contribution in [0.25, 0.3) is 179 Å². The molecule has 0 saturated heterocycles. The SMILES string of the molecule is C=C(CC/C=C/C=C/c1sc2ccccc2c1C1=CC2Oc3cccc(-c4ccc(-c5ccccccc(-c6cccc(-c7ccc8sc9cc%10c(ccc%11c%12ccccc%12oc%10%11)cc9c8c7)c6)c6ccccc56)c5ccccc45)c3C2C=C1)c1ccccccc(-c2cccc3ccccc23)c2ccccc12. The molecule has 2 unspecified atom stereocenters. The van der Waals surface area contributed by atoms with Crippen molar-refractivity contribution in [3.63, 3.8) is 0 Å². The maximum Gasteiger partial charge on any atom is 0.143 e. The van der Waals surface area contributed by atoms with Gasteiger partial charge in [-0.1, -0.05) is 316 Å². The van der Waals surface area contributed by atoms with E-state index in [0.717, 1.165) is 73.7 Å². The number of para-hydroxylation sites is 1. The number of allylic oxidation sites excluding steroid dienone is 6. The Morgan fingerprint density at radius 2 is 0.935 bits per heavy atom. The molecule has 0 spiro atoms. The lowest BCUT2D eigenvalue weighted by atomic mass is 9.82. The Morgan fingerprint density at radius 1 is 0.370 bits per heavy atom. The molecule has 0 N–H and O–H groups in total. The van der Waals surface area contributed by atoms with Gasteiger partial charge >= 0.3 is 0 Å². The molecule has 18 aromatic rings. The molecule has 0 amide bonds. The zero-order valence-corrected chi connectivity index (χ0v) is 60.8. The van der Waals surface area contributed by atoms with Crippen LogP contribution in [0.4, 0.5) is 0 Å². The Balaban J connectivity index is 0.586. The highest BCUT2D eigenvalue weighted by atomic mass is 32.1. The predicted octanol–water partition coefficient (Wildman–Crippen LogP) is 30.1. The van der Waals surface area contributed by atoms with Crippen LogP contribution in [0.2, 0.25) is 0 Å². The fourth-order valence-corrected chi connectivity index (χ4v) is 19.2. The summed E-state index contributed by atoms with van der Waals surface area (Å²) in [5.41, 5.74) is 19.6. The third-order valence-corrected chi connectivity index (χ3v) is 24.3. The maximum atomic E-state index is 7.08. The first-order valence-corrected chi connectivity index (χ1v) is 38.9. The molecule has 2 nitrogen and oxygen atoms in total. The van der Waals surface area contributed by atoms with E-state index < -0.39 is 0 Å². The number of benzene rings is 13. The van der Waals surface area contributed by atoms with Gasteiger partial charge in [-0.05, 0) is 200 Å². The summed E-state index contributed by atoms with van der Waals surface area (Å²) in [7, 11) is 0. The van der Waals surface area contributed by atoms with Crippen molar-refractivity contribution in [2.75, 3.05) is 0 Å². The first kappa shape index (κ1) is 64.6. The molecule has 20 rings (SSSR count). The van der Waals surface area contributed by atoms with Crippen LogP contribution in [0, 0.1) is 0 Å². The highest BCUT2D eigenvalue weighted by molar-refractivity contribution is 7.26. The number of fused-ring (bicyclic) bond motifs is 16. The van der Waals surface area contributed by atoms with Gasteiger partial charge in [-0.25, -0.2) is 0 Å². The summed E-state index contributed by atoms with van der Waals surface area (Å²) >= 11 is 3.69. The fraction of sp³-hybridized carbons (Fsp3) is 0.0385. The molecule has 108 heavy (non-hydrogen) atoms. The molecule has 3 aromatic heterocycles. The summed E-state index contributed by atoms with van der Waals surface area (Å²) in [6, 6.07) is 122. The van der Waals surface area contributed by atoms with Crippen molar-refractivity contribution in [2.24, 2.45) is 0 Å². The van der Waals surface area contributed by atoms with Gasteiger partial charge in [0.25, 0.3) is 0 Å². The van der Waals surface area contributed by atoms with Crippen molar-refractivity contribution in [2.45, 2.75) is 24.9 Å². The van der Waals surface area contributed by atoms with Gasteiger partial charge in [0.05, 0.1) is 0 Å². The molecule has 15 aromatic carbocycles. The molecule has 510 valence electrons. The molecule has 0 fully saturated rings. The van der Waals surface area contributed by atoms with Crippen molar-refractivity contribution in [1.29, 1.82) is 0 Å². The van der Waals surface area contributed by atoms with Crippen LogP contribution >= 0.6 is 22.7 Å². The van der Waals surface area contributed by atoms with Crippen molar-refractivity contribution in [3.05, 3.63) is 398 Å². The molecular weight excluding hydrogens is 1350 g/mol. The maximum absolute atomic E-state index is 7.08. The molecular formula is C104H70O2S2. The summed E-state index contributed by atoms with van der Waals surface area (Å²) in [6.07, 6.45) is 17.6. The number of rotatable bonds is 12. The Morgan fingerprint density at radius 3 is 1.72 bits per heavy atom. The topological polar surface area (TPSA) is 22.4 Å². The van der Waals surface area contributed by atoms with E-state index in [2.05, 4.69) is 370 Å². The fourth-order valence-electron chi connectivity index (χ4n) is 17.0. The van der Waals surface area contributed by atoms with Gasteiger partial charge in [0.2, 0.25) is 0 Å². The van der Waals surface area contributed by atoms with Crippen LogP contribution in [0.3, 0.4) is 0 Å². The van der Waals surface area contributed by atoms with Crippen LogP contribution in [0.5, 0.6) is 5.75 Å². The number of furan rings is 1. The zero-order chi connectivity index (χ0) is 71.6. The molecule has 2 aliphatic rings. The van der Waals surface area contributed by atoms with Gasteiger partial charge in [-0.2, -0.15) is 0 Å². The third kappa shape index (κ3) is 11.5. The minimum atomic E-state index is -0.173. The van der Waals surface area contributed by atoms with Crippen LogP contribution in [0.1, 0.15) is 40.3 Å². The monoisotopic (exact) mass is 1410 g/mol. The van der Waals surface area contributed by atoms with Crippen LogP contribution < -0.4 is 4.74 Å². The molecule has 1 aliphatic carbocycles. The third-order valence-electron chi connectivity index (χ3n) is 22.0. The second kappa shape index (κ2) is 27.5. The van der Waals surface area contributed by atoms with E-state index in [1.165, 1.54) is 139 Å². The van der Waals surface area contributed by atoms with Crippen molar-refractivity contribution < 1.29 is 9.15 Å². The standard InChI is InChI=1S/C104H70O2S2/c1-66(73-34-9-3-5-11-37-80(79-41-18-16-39-76(73)79)78-47-27-31-67-30-14-15-36-74(67)78)29-8-2-7-13-52-100-102(91-46-23-25-51-98(91)107-100)72-54-57-90-97(64-72)105-96-50-28-48-88(103(90)96)86-59-58-85(83-43-20-21-44-84(83)86)82-38-12-6-4-10-35-75(77-40-17-19-42-81(77)82)70-33-26-32-68(61-70)69-55-60-99-93(62-69)94-63-71-53-56-89-87-45-22-24-49-95(87)106-104(89)92(71)65-101(94)108-99/h2-7,9-28,30-65,90,97H,1,8,29H2/b5-3?,6-4?,7-2+,9-3?,10-4?,11-5?,12-6?,34-9?,35-10?,37-11?,38-12?,52-13+,73-34?,75-35?,76-73?,77-75?,80-37?,80-79?,82-38?,82-81?. The Labute approximate surface area is 635 Å². The first-order chi connectivity index (χ1) is 53.5. The van der Waals surface area contributed by atoms with Gasteiger partial charge in [-0.3, -0.25) is 0 Å². The van der Waals surface area contributed by atoms with Crippen LogP contribution in [-0.2, 0) is 0 Å². The van der Waals surface area contributed by atoms with Gasteiger partial charge < -0.3 is 9.15 Å². The number of hydrogen-bond donors (Lipinski definition) is 0. The van der Waals surface area contributed by atoms with Crippen molar-refractivity contribution in [1.82, 2.24) is 0 Å². The molecule has 0 saturated carbocycles. The Hall–Kier alpha value is -13.0. The summed E-state index contributed by atoms with van der Waals surface area (Å²) < 4.78 is 17.4. The number of hydrogen-bond acceptors (Lipinski definition) is 4. The summed E-state index contributed by atoms with van der Waals surface area (Å²) in [5, 5.41) is 18.0. The number of ether oxygens (including phenoxy) is 1. The highest BCUT2D eigenvalue weighted by Gasteiger charge is 2.37. The normalized spacial score (nSPS) is 14.1. The summed E-state index contributed by atoms with van der Waals surface area (Å²) in [4.78, 5) is 1.22. The van der Waals surface area contributed by atoms with Gasteiger partial charge in [0, 0.05) is 68.3 Å². The van der Waals surface area contributed by atoms with E-state index in [0.29, 0.717) is 0 Å². The van der Waals surface area contributed by atoms with E-state index in [1.807, 2.05) is 28.7 Å². The minimum Gasteiger partial charge on any atom is -0.485 e. The second-order valence-corrected chi connectivity index (χ2v) is 30.4. The first-order valence-electron chi connectivity index (χ1n) is 37.2. The Kier molecular flexibility index (Phi) is 16.5. The highest BCUT2D eigenvalue weighted by Crippen LogP contribution is 2.52. The molecule has 1 aliphatic heterocycles. The smallest absolute Gasteiger partial charge is 0.143 e. The van der Waals surface area contributed by atoms with E-state index in [-0.39, 0.29) is 12.0 Å². The largest absolute Gasteiger partial charge is 0.485 e. The van der Waals surface area contributed by atoms with E-state index >= 15 is 0 Å². The van der Waals surface area contributed by atoms with E-state index in [4.69, 9.17) is 15.7 Å². The molecule has 0 radical (unpaired) electrons. The zero-order valence-electron chi connectivity index (χ0n) is 59.2. The Bertz CT molecular complexity index is 7020. The second-order valence-electron chi connectivity index (χ2n) is 28.3. The van der Waals surface area contributed by atoms with Crippen molar-refractivity contribution in [3.8, 4) is 61.4 Å². The minimum absolute atomic E-state index is 0.0291. The quantitative estimate of drug-likeness (QED) is 0.114.